The molecule has 0 amide bonds. The van der Waals surface area contributed by atoms with Gasteiger partial charge in [-0.3, -0.25) is 0 Å². The molecule has 0 atom stereocenters. The van der Waals surface area contributed by atoms with Crippen molar-refractivity contribution in [3.63, 3.8) is 0 Å². The first-order chi connectivity index (χ1) is 7.67. The molecular formula is C13H21BrOSSi. The lowest BCUT2D eigenvalue weighted by Crippen LogP contribution is -2.43. The molecule has 0 saturated carbocycles. The van der Waals surface area contributed by atoms with E-state index in [2.05, 4.69) is 68.2 Å². The van der Waals surface area contributed by atoms with Crippen molar-refractivity contribution < 1.29 is 4.43 Å². The fourth-order valence-electron chi connectivity index (χ4n) is 1.15. The second-order valence-corrected chi connectivity index (χ2v) is 12.1. The summed E-state index contributed by atoms with van der Waals surface area (Å²) >= 11 is 5.23. The van der Waals surface area contributed by atoms with E-state index in [4.69, 9.17) is 4.43 Å². The van der Waals surface area contributed by atoms with Crippen LogP contribution in [0.1, 0.15) is 20.8 Å². The van der Waals surface area contributed by atoms with Gasteiger partial charge in [0.2, 0.25) is 0 Å². The molecule has 4 heteroatoms. The highest BCUT2D eigenvalue weighted by atomic mass is 79.9. The summed E-state index contributed by atoms with van der Waals surface area (Å²) in [6.07, 6.45) is 2.08. The minimum absolute atomic E-state index is 0.232. The lowest BCUT2D eigenvalue weighted by atomic mass is 10.2. The van der Waals surface area contributed by atoms with E-state index in [0.29, 0.717) is 0 Å². The average Bonchev–Trinajstić information content (AvgIpc) is 2.18. The Labute approximate surface area is 119 Å². The Bertz CT molecular complexity index is 399. The molecule has 0 radical (unpaired) electrons. The number of hydrogen-bond acceptors (Lipinski definition) is 2. The Balaban J connectivity index is 3.03. The Morgan fingerprint density at radius 3 is 2.29 bits per heavy atom. The van der Waals surface area contributed by atoms with E-state index in [1.54, 1.807) is 11.8 Å². The molecule has 0 aliphatic heterocycles. The van der Waals surface area contributed by atoms with Crippen LogP contribution in [0.25, 0.3) is 0 Å². The number of hydrogen-bond donors (Lipinski definition) is 0. The van der Waals surface area contributed by atoms with E-state index < -0.39 is 8.32 Å². The second kappa shape index (κ2) is 5.37. The van der Waals surface area contributed by atoms with E-state index in [-0.39, 0.29) is 5.04 Å². The highest BCUT2D eigenvalue weighted by molar-refractivity contribution is 9.10. The Hall–Kier alpha value is 0.0669. The van der Waals surface area contributed by atoms with Crippen LogP contribution in [0, 0.1) is 0 Å². The van der Waals surface area contributed by atoms with Gasteiger partial charge in [0.25, 0.3) is 8.32 Å². The van der Waals surface area contributed by atoms with Crippen molar-refractivity contribution in [2.75, 3.05) is 6.26 Å². The fourth-order valence-corrected chi connectivity index (χ4v) is 3.33. The number of halogens is 1. The lowest BCUT2D eigenvalue weighted by molar-refractivity contribution is 0.483. The molecule has 0 spiro atoms. The average molecular weight is 333 g/mol. The third kappa shape index (κ3) is 3.76. The van der Waals surface area contributed by atoms with Crippen LogP contribution in [-0.2, 0) is 0 Å². The van der Waals surface area contributed by atoms with Gasteiger partial charge in [-0.2, -0.15) is 0 Å². The van der Waals surface area contributed by atoms with Gasteiger partial charge >= 0.3 is 0 Å². The molecule has 17 heavy (non-hydrogen) atoms. The molecule has 1 nitrogen and oxygen atoms in total. The van der Waals surface area contributed by atoms with Gasteiger partial charge in [-0.15, -0.1) is 11.8 Å². The van der Waals surface area contributed by atoms with E-state index in [1.807, 2.05) is 6.07 Å². The van der Waals surface area contributed by atoms with E-state index in [9.17, 15) is 0 Å². The Kier molecular flexibility index (Phi) is 4.78. The summed E-state index contributed by atoms with van der Waals surface area (Å²) in [7, 11) is -1.74. The zero-order valence-electron chi connectivity index (χ0n) is 11.4. The second-order valence-electron chi connectivity index (χ2n) is 5.66. The smallest absolute Gasteiger partial charge is 0.250 e. The maximum atomic E-state index is 6.34. The first-order valence-electron chi connectivity index (χ1n) is 5.70. The van der Waals surface area contributed by atoms with Crippen molar-refractivity contribution in [1.29, 1.82) is 0 Å². The van der Waals surface area contributed by atoms with Gasteiger partial charge in [0.1, 0.15) is 5.75 Å². The van der Waals surface area contributed by atoms with Gasteiger partial charge in [0.05, 0.1) is 0 Å². The van der Waals surface area contributed by atoms with Gasteiger partial charge in [-0.1, -0.05) is 36.7 Å². The third-order valence-electron chi connectivity index (χ3n) is 3.30. The van der Waals surface area contributed by atoms with Gasteiger partial charge < -0.3 is 4.43 Å². The van der Waals surface area contributed by atoms with Crippen LogP contribution >= 0.6 is 27.7 Å². The zero-order chi connectivity index (χ0) is 13.3. The molecule has 0 aromatic heterocycles. The van der Waals surface area contributed by atoms with Gasteiger partial charge in [-0.25, -0.2) is 0 Å². The van der Waals surface area contributed by atoms with Crippen molar-refractivity contribution in [2.24, 2.45) is 0 Å². The van der Waals surface area contributed by atoms with Crippen LogP contribution in [0.15, 0.2) is 27.6 Å². The molecule has 0 heterocycles. The summed E-state index contributed by atoms with van der Waals surface area (Å²) in [5.74, 6) is 1.02. The van der Waals surface area contributed by atoms with Gasteiger partial charge in [0.15, 0.2) is 0 Å². The van der Waals surface area contributed by atoms with Crippen LogP contribution in [0.5, 0.6) is 5.75 Å². The van der Waals surface area contributed by atoms with Crippen LogP contribution < -0.4 is 4.43 Å². The quantitative estimate of drug-likeness (QED) is 0.529. The maximum Gasteiger partial charge on any atom is 0.250 e. The van der Waals surface area contributed by atoms with E-state index >= 15 is 0 Å². The molecule has 0 fully saturated rings. The maximum absolute atomic E-state index is 6.34. The highest BCUT2D eigenvalue weighted by Gasteiger charge is 2.39. The minimum atomic E-state index is -1.74. The molecular weight excluding hydrogens is 312 g/mol. The standard InChI is InChI=1S/C13H21BrOSSi/c1-13(2,3)17(5,6)15-11-8-7-10(14)9-12(11)16-4/h7-9H,1-6H3. The largest absolute Gasteiger partial charge is 0.543 e. The monoisotopic (exact) mass is 332 g/mol. The third-order valence-corrected chi connectivity index (χ3v) is 8.89. The van der Waals surface area contributed by atoms with Crippen LogP contribution in [0.2, 0.25) is 18.1 Å². The van der Waals surface area contributed by atoms with Crippen molar-refractivity contribution in [3.8, 4) is 5.75 Å². The fraction of sp³-hybridized carbons (Fsp3) is 0.538. The predicted octanol–water partition coefficient (Wildman–Crippen LogP) is 5.56. The highest BCUT2D eigenvalue weighted by Crippen LogP contribution is 2.40. The van der Waals surface area contributed by atoms with Gasteiger partial charge in [0, 0.05) is 9.37 Å². The zero-order valence-corrected chi connectivity index (χ0v) is 14.8. The Morgan fingerprint density at radius 2 is 1.82 bits per heavy atom. The van der Waals surface area contributed by atoms with E-state index in [1.165, 1.54) is 4.90 Å². The molecule has 0 bridgehead atoms. The molecule has 0 unspecified atom stereocenters. The van der Waals surface area contributed by atoms with E-state index in [0.717, 1.165) is 10.2 Å². The molecule has 0 saturated heterocycles. The Morgan fingerprint density at radius 1 is 1.24 bits per heavy atom. The molecule has 0 N–H and O–H groups in total. The molecule has 1 rings (SSSR count). The summed E-state index contributed by atoms with van der Waals surface area (Å²) < 4.78 is 7.44. The van der Waals surface area contributed by atoms with Crippen LogP contribution in [-0.4, -0.2) is 14.6 Å². The van der Waals surface area contributed by atoms with Crippen molar-refractivity contribution in [3.05, 3.63) is 22.7 Å². The summed E-state index contributed by atoms with van der Waals surface area (Å²) in [6.45, 7) is 11.3. The summed E-state index contributed by atoms with van der Waals surface area (Å²) in [5.41, 5.74) is 0. The van der Waals surface area contributed by atoms with Crippen LogP contribution in [0.4, 0.5) is 0 Å². The molecule has 1 aromatic rings. The first-order valence-corrected chi connectivity index (χ1v) is 10.6. The van der Waals surface area contributed by atoms with Crippen LogP contribution in [0.3, 0.4) is 0 Å². The predicted molar refractivity (Wildman–Crippen MR) is 83.7 cm³/mol. The van der Waals surface area contributed by atoms with Crippen molar-refractivity contribution in [2.45, 2.75) is 43.8 Å². The minimum Gasteiger partial charge on any atom is -0.543 e. The normalized spacial score (nSPS) is 12.6. The molecule has 96 valence electrons. The van der Waals surface area contributed by atoms with Gasteiger partial charge in [-0.05, 0) is 42.6 Å². The number of rotatable bonds is 3. The number of thioether (sulfide) groups is 1. The van der Waals surface area contributed by atoms with Crippen molar-refractivity contribution in [1.82, 2.24) is 0 Å². The van der Waals surface area contributed by atoms with Crippen molar-refractivity contribution >= 4 is 36.0 Å². The summed E-state index contributed by atoms with van der Waals surface area (Å²) in [5, 5.41) is 0.232. The lowest BCUT2D eigenvalue weighted by Gasteiger charge is -2.37. The summed E-state index contributed by atoms with van der Waals surface area (Å²) in [6, 6.07) is 6.23. The first kappa shape index (κ1) is 15.1. The molecule has 0 aliphatic rings. The molecule has 0 aliphatic carbocycles. The summed E-state index contributed by atoms with van der Waals surface area (Å²) in [4.78, 5) is 1.20. The SMILES string of the molecule is CSc1cc(Br)ccc1O[Si](C)(C)C(C)(C)C. The number of benzene rings is 1. The molecule has 1 aromatic carbocycles. The topological polar surface area (TPSA) is 9.23 Å².